The quantitative estimate of drug-likeness (QED) is 0.830. The molecule has 4 heteroatoms. The van der Waals surface area contributed by atoms with Crippen molar-refractivity contribution in [2.45, 2.75) is 32.9 Å². The third-order valence-corrected chi connectivity index (χ3v) is 2.09. The molecule has 0 atom stereocenters. The molecule has 0 spiro atoms. The summed E-state index contributed by atoms with van der Waals surface area (Å²) >= 11 is 0. The zero-order chi connectivity index (χ0) is 12.3. The van der Waals surface area contributed by atoms with Gasteiger partial charge in [0.2, 0.25) is 0 Å². The Morgan fingerprint density at radius 3 is 2.50 bits per heavy atom. The first-order valence-corrected chi connectivity index (χ1v) is 5.06. The first kappa shape index (κ1) is 12.6. The molecule has 0 fully saturated rings. The van der Waals surface area contributed by atoms with Crippen LogP contribution in [0.25, 0.3) is 0 Å². The molecular formula is C12H16FNO2. The molecule has 0 aromatic heterocycles. The minimum atomic E-state index is -1.24. The Hall–Kier alpha value is -1.42. The fourth-order valence-electron chi connectivity index (χ4n) is 1.21. The van der Waals surface area contributed by atoms with Crippen molar-refractivity contribution in [2.24, 2.45) is 0 Å². The SMILES string of the molecule is CC(C)(C)NCc1ccc(C(=O)O)c(F)c1. The molecule has 0 bridgehead atoms. The van der Waals surface area contributed by atoms with Gasteiger partial charge in [0.05, 0.1) is 5.56 Å². The van der Waals surface area contributed by atoms with E-state index in [-0.39, 0.29) is 11.1 Å². The van der Waals surface area contributed by atoms with E-state index < -0.39 is 11.8 Å². The monoisotopic (exact) mass is 225 g/mol. The number of hydrogen-bond acceptors (Lipinski definition) is 2. The lowest BCUT2D eigenvalue weighted by atomic mass is 10.1. The zero-order valence-corrected chi connectivity index (χ0v) is 9.67. The summed E-state index contributed by atoms with van der Waals surface area (Å²) in [5.74, 6) is -1.94. The fraction of sp³-hybridized carbons (Fsp3) is 0.417. The second kappa shape index (κ2) is 4.61. The smallest absolute Gasteiger partial charge is 0.338 e. The largest absolute Gasteiger partial charge is 0.478 e. The summed E-state index contributed by atoms with van der Waals surface area (Å²) in [4.78, 5) is 10.6. The number of benzene rings is 1. The van der Waals surface area contributed by atoms with Crippen molar-refractivity contribution >= 4 is 5.97 Å². The predicted octanol–water partition coefficient (Wildman–Crippen LogP) is 2.41. The van der Waals surface area contributed by atoms with E-state index in [2.05, 4.69) is 5.32 Å². The van der Waals surface area contributed by atoms with Crippen LogP contribution in [0.2, 0.25) is 0 Å². The van der Waals surface area contributed by atoms with Crippen molar-refractivity contribution in [2.75, 3.05) is 0 Å². The summed E-state index contributed by atoms with van der Waals surface area (Å²) in [6.07, 6.45) is 0. The van der Waals surface area contributed by atoms with Gasteiger partial charge in [0.15, 0.2) is 0 Å². The highest BCUT2D eigenvalue weighted by Gasteiger charge is 2.12. The van der Waals surface area contributed by atoms with E-state index in [9.17, 15) is 9.18 Å². The summed E-state index contributed by atoms with van der Waals surface area (Å²) in [5.41, 5.74) is 0.388. The van der Waals surface area contributed by atoms with E-state index >= 15 is 0 Å². The van der Waals surface area contributed by atoms with E-state index in [4.69, 9.17) is 5.11 Å². The van der Waals surface area contributed by atoms with Crippen LogP contribution in [0.3, 0.4) is 0 Å². The van der Waals surface area contributed by atoms with Crippen LogP contribution in [0.1, 0.15) is 36.7 Å². The van der Waals surface area contributed by atoms with Gasteiger partial charge < -0.3 is 10.4 Å². The second-order valence-electron chi connectivity index (χ2n) is 4.72. The average Bonchev–Trinajstić information content (AvgIpc) is 2.13. The minimum absolute atomic E-state index is 0.0536. The molecule has 0 aliphatic heterocycles. The molecule has 0 unspecified atom stereocenters. The normalized spacial score (nSPS) is 11.5. The maximum absolute atomic E-state index is 13.3. The van der Waals surface area contributed by atoms with Crippen LogP contribution < -0.4 is 5.32 Å². The molecule has 0 aliphatic rings. The van der Waals surface area contributed by atoms with Gasteiger partial charge in [0.25, 0.3) is 0 Å². The third-order valence-electron chi connectivity index (χ3n) is 2.09. The van der Waals surface area contributed by atoms with Crippen molar-refractivity contribution in [3.63, 3.8) is 0 Å². The molecule has 16 heavy (non-hydrogen) atoms. The highest BCUT2D eigenvalue weighted by atomic mass is 19.1. The zero-order valence-electron chi connectivity index (χ0n) is 9.67. The van der Waals surface area contributed by atoms with E-state index in [0.29, 0.717) is 6.54 Å². The number of carboxylic acids is 1. The van der Waals surface area contributed by atoms with Crippen LogP contribution in [0, 0.1) is 5.82 Å². The van der Waals surface area contributed by atoms with E-state index in [0.717, 1.165) is 5.56 Å². The number of carboxylic acid groups (broad SMARTS) is 1. The summed E-state index contributed by atoms with van der Waals surface area (Å²) in [6, 6.07) is 4.16. The Bertz CT molecular complexity index is 396. The van der Waals surface area contributed by atoms with E-state index in [1.807, 2.05) is 20.8 Å². The summed E-state index contributed by atoms with van der Waals surface area (Å²) in [7, 11) is 0. The molecule has 0 saturated carbocycles. The third kappa shape index (κ3) is 3.62. The maximum Gasteiger partial charge on any atom is 0.338 e. The molecule has 0 saturated heterocycles. The molecule has 0 heterocycles. The van der Waals surface area contributed by atoms with Gasteiger partial charge in [-0.3, -0.25) is 0 Å². The molecule has 2 N–H and O–H groups in total. The van der Waals surface area contributed by atoms with Crippen molar-refractivity contribution in [3.8, 4) is 0 Å². The van der Waals surface area contributed by atoms with E-state index in [1.54, 1.807) is 6.07 Å². The van der Waals surface area contributed by atoms with E-state index in [1.165, 1.54) is 12.1 Å². The molecule has 0 radical (unpaired) electrons. The van der Waals surface area contributed by atoms with Crippen LogP contribution in [0.5, 0.6) is 0 Å². The van der Waals surface area contributed by atoms with Gasteiger partial charge in [-0.25, -0.2) is 9.18 Å². The number of nitrogens with one attached hydrogen (secondary N) is 1. The van der Waals surface area contributed by atoms with Crippen molar-refractivity contribution in [1.82, 2.24) is 5.32 Å². The molecule has 1 rings (SSSR count). The van der Waals surface area contributed by atoms with Gasteiger partial charge in [0.1, 0.15) is 5.82 Å². The Balaban J connectivity index is 2.78. The molecule has 88 valence electrons. The van der Waals surface area contributed by atoms with Crippen LogP contribution >= 0.6 is 0 Å². The van der Waals surface area contributed by atoms with Crippen LogP contribution in [-0.2, 0) is 6.54 Å². The van der Waals surface area contributed by atoms with Gasteiger partial charge in [-0.1, -0.05) is 6.07 Å². The number of halogens is 1. The molecule has 0 amide bonds. The number of carbonyl (C=O) groups is 1. The van der Waals surface area contributed by atoms with Crippen LogP contribution in [-0.4, -0.2) is 16.6 Å². The Labute approximate surface area is 94.3 Å². The second-order valence-corrected chi connectivity index (χ2v) is 4.72. The fourth-order valence-corrected chi connectivity index (χ4v) is 1.21. The Morgan fingerprint density at radius 1 is 1.44 bits per heavy atom. The molecule has 0 aliphatic carbocycles. The lowest BCUT2D eigenvalue weighted by molar-refractivity contribution is 0.0692. The topological polar surface area (TPSA) is 49.3 Å². The summed E-state index contributed by atoms with van der Waals surface area (Å²) in [5, 5.41) is 11.9. The summed E-state index contributed by atoms with van der Waals surface area (Å²) in [6.45, 7) is 6.54. The van der Waals surface area contributed by atoms with Gasteiger partial charge in [-0.2, -0.15) is 0 Å². The highest BCUT2D eigenvalue weighted by Crippen LogP contribution is 2.11. The average molecular weight is 225 g/mol. The number of aromatic carboxylic acids is 1. The minimum Gasteiger partial charge on any atom is -0.478 e. The van der Waals surface area contributed by atoms with Crippen molar-refractivity contribution in [3.05, 3.63) is 35.1 Å². The Kier molecular flexibility index (Phi) is 3.65. The van der Waals surface area contributed by atoms with Gasteiger partial charge in [-0.05, 0) is 38.5 Å². The molecule has 3 nitrogen and oxygen atoms in total. The molecular weight excluding hydrogens is 209 g/mol. The highest BCUT2D eigenvalue weighted by molar-refractivity contribution is 5.87. The lowest BCUT2D eigenvalue weighted by Crippen LogP contribution is -2.35. The lowest BCUT2D eigenvalue weighted by Gasteiger charge is -2.20. The first-order valence-electron chi connectivity index (χ1n) is 5.06. The number of rotatable bonds is 3. The number of hydrogen-bond donors (Lipinski definition) is 2. The maximum atomic E-state index is 13.3. The standard InChI is InChI=1S/C12H16FNO2/c1-12(2,3)14-7-8-4-5-9(11(15)16)10(13)6-8/h4-6,14H,7H2,1-3H3,(H,15,16). The molecule has 1 aromatic rings. The Morgan fingerprint density at radius 2 is 2.06 bits per heavy atom. The van der Waals surface area contributed by atoms with Gasteiger partial charge in [-0.15, -0.1) is 0 Å². The predicted molar refractivity (Wildman–Crippen MR) is 60.0 cm³/mol. The van der Waals surface area contributed by atoms with Gasteiger partial charge >= 0.3 is 5.97 Å². The summed E-state index contributed by atoms with van der Waals surface area (Å²) < 4.78 is 13.3. The van der Waals surface area contributed by atoms with Crippen LogP contribution in [0.4, 0.5) is 4.39 Å². The van der Waals surface area contributed by atoms with Gasteiger partial charge in [0, 0.05) is 12.1 Å². The molecule has 1 aromatic carbocycles. The van der Waals surface area contributed by atoms with Crippen molar-refractivity contribution < 1.29 is 14.3 Å². The van der Waals surface area contributed by atoms with Crippen LogP contribution in [0.15, 0.2) is 18.2 Å². The van der Waals surface area contributed by atoms with Crippen molar-refractivity contribution in [1.29, 1.82) is 0 Å². The first-order chi connectivity index (χ1) is 7.29.